The second-order valence-electron chi connectivity index (χ2n) is 9.21. The third kappa shape index (κ3) is 4.46. The molecule has 0 bridgehead atoms. The number of halogens is 1. The van der Waals surface area contributed by atoms with E-state index in [1.165, 1.54) is 23.4 Å². The van der Waals surface area contributed by atoms with Crippen LogP contribution in [0.4, 0.5) is 22.4 Å². The van der Waals surface area contributed by atoms with Crippen LogP contribution >= 0.6 is 11.6 Å². The SMILES string of the molecule is CN1CCn2nc(Nc3nc4ncc(Oc5ccnc(N(C(=O)O)[C@H]6CCOC6)c5)c(Cl)c4n3C)cc2C1=O. The highest BCUT2D eigenvalue weighted by Gasteiger charge is 2.30. The van der Waals surface area contributed by atoms with Crippen molar-refractivity contribution in [3.63, 3.8) is 0 Å². The lowest BCUT2D eigenvalue weighted by molar-refractivity contribution is 0.0742. The number of rotatable bonds is 6. The molecule has 15 heteroatoms. The fourth-order valence-electron chi connectivity index (χ4n) is 4.66. The molecule has 1 saturated heterocycles. The second kappa shape index (κ2) is 9.71. The van der Waals surface area contributed by atoms with Gasteiger partial charge in [0.15, 0.2) is 17.2 Å². The number of anilines is 3. The van der Waals surface area contributed by atoms with Gasteiger partial charge in [0, 0.05) is 45.6 Å². The molecule has 202 valence electrons. The highest BCUT2D eigenvalue weighted by molar-refractivity contribution is 6.36. The minimum absolute atomic E-state index is 0.0966. The molecule has 2 aliphatic rings. The number of aryl methyl sites for hydroxylation is 1. The molecule has 14 nitrogen and oxygen atoms in total. The first kappa shape index (κ1) is 24.9. The van der Waals surface area contributed by atoms with Crippen LogP contribution in [0.1, 0.15) is 16.9 Å². The summed E-state index contributed by atoms with van der Waals surface area (Å²) in [5, 5.41) is 17.6. The first-order chi connectivity index (χ1) is 18.8. The lowest BCUT2D eigenvalue weighted by Gasteiger charge is -2.24. The number of hydrogen-bond donors (Lipinski definition) is 2. The van der Waals surface area contributed by atoms with Gasteiger partial charge in [0.2, 0.25) is 5.95 Å². The van der Waals surface area contributed by atoms with Crippen LogP contribution in [-0.4, -0.2) is 84.2 Å². The monoisotopic (exact) mass is 553 g/mol. The van der Waals surface area contributed by atoms with Gasteiger partial charge < -0.3 is 29.4 Å². The molecule has 0 spiro atoms. The van der Waals surface area contributed by atoms with Crippen LogP contribution in [0.15, 0.2) is 30.6 Å². The lowest BCUT2D eigenvalue weighted by atomic mass is 10.2. The Bertz CT molecular complexity index is 1600. The Hall–Kier alpha value is -4.43. The number of amides is 2. The Balaban J connectivity index is 1.27. The fourth-order valence-corrected chi connectivity index (χ4v) is 4.96. The summed E-state index contributed by atoms with van der Waals surface area (Å²) >= 11 is 6.73. The number of carboxylic acid groups (broad SMARTS) is 1. The van der Waals surface area contributed by atoms with Gasteiger partial charge in [-0.25, -0.2) is 14.8 Å². The Morgan fingerprint density at radius 2 is 2.13 bits per heavy atom. The van der Waals surface area contributed by atoms with E-state index < -0.39 is 6.09 Å². The van der Waals surface area contributed by atoms with Crippen molar-refractivity contribution in [1.29, 1.82) is 0 Å². The van der Waals surface area contributed by atoms with Gasteiger partial charge in [0.25, 0.3) is 5.91 Å². The average Bonchev–Trinajstić information content (AvgIpc) is 3.64. The van der Waals surface area contributed by atoms with Gasteiger partial charge in [-0.2, -0.15) is 10.1 Å². The molecule has 0 unspecified atom stereocenters. The lowest BCUT2D eigenvalue weighted by Crippen LogP contribution is -2.40. The summed E-state index contributed by atoms with van der Waals surface area (Å²) < 4.78 is 14.7. The van der Waals surface area contributed by atoms with E-state index >= 15 is 0 Å². The quantitative estimate of drug-likeness (QED) is 0.364. The van der Waals surface area contributed by atoms with E-state index in [1.807, 2.05) is 0 Å². The topological polar surface area (TPSA) is 153 Å². The third-order valence-electron chi connectivity index (χ3n) is 6.71. The number of carbonyl (C=O) groups excluding carboxylic acids is 1. The number of pyridine rings is 2. The van der Waals surface area contributed by atoms with Crippen LogP contribution < -0.4 is 15.0 Å². The molecule has 2 aliphatic heterocycles. The van der Waals surface area contributed by atoms with Crippen molar-refractivity contribution in [2.45, 2.75) is 19.0 Å². The van der Waals surface area contributed by atoms with Crippen LogP contribution in [0.2, 0.25) is 5.02 Å². The van der Waals surface area contributed by atoms with Crippen molar-refractivity contribution in [3.05, 3.63) is 41.3 Å². The first-order valence-corrected chi connectivity index (χ1v) is 12.5. The van der Waals surface area contributed by atoms with Gasteiger partial charge in [-0.05, 0) is 12.5 Å². The summed E-state index contributed by atoms with van der Waals surface area (Å²) in [6.07, 6.45) is 2.37. The predicted octanol–water partition coefficient (Wildman–Crippen LogP) is 3.11. The normalized spacial score (nSPS) is 16.9. The number of ether oxygens (including phenoxy) is 2. The Labute approximate surface area is 226 Å². The highest BCUT2D eigenvalue weighted by atomic mass is 35.5. The maximum atomic E-state index is 12.4. The Morgan fingerprint density at radius 3 is 2.90 bits per heavy atom. The van der Waals surface area contributed by atoms with Crippen LogP contribution in [0, 0.1) is 0 Å². The second-order valence-corrected chi connectivity index (χ2v) is 9.59. The Morgan fingerprint density at radius 1 is 1.28 bits per heavy atom. The van der Waals surface area contributed by atoms with Crippen LogP contribution in [0.5, 0.6) is 11.5 Å². The predicted molar refractivity (Wildman–Crippen MR) is 140 cm³/mol. The minimum atomic E-state index is -1.12. The third-order valence-corrected chi connectivity index (χ3v) is 7.07. The molecule has 4 aromatic heterocycles. The minimum Gasteiger partial charge on any atom is -0.465 e. The van der Waals surface area contributed by atoms with Gasteiger partial charge in [0.05, 0.1) is 25.4 Å². The van der Waals surface area contributed by atoms with E-state index in [9.17, 15) is 14.7 Å². The average molecular weight is 554 g/mol. The largest absolute Gasteiger partial charge is 0.465 e. The van der Waals surface area contributed by atoms with Gasteiger partial charge in [-0.3, -0.25) is 14.4 Å². The van der Waals surface area contributed by atoms with Crippen LogP contribution in [0.25, 0.3) is 11.2 Å². The number of nitrogens with one attached hydrogen (secondary N) is 1. The Kier molecular flexibility index (Phi) is 6.19. The van der Waals surface area contributed by atoms with E-state index in [0.717, 1.165) is 0 Å². The van der Waals surface area contributed by atoms with Gasteiger partial charge in [-0.1, -0.05) is 11.6 Å². The van der Waals surface area contributed by atoms with Crippen LogP contribution in [0.3, 0.4) is 0 Å². The van der Waals surface area contributed by atoms with Crippen molar-refractivity contribution >= 4 is 52.3 Å². The maximum absolute atomic E-state index is 12.4. The summed E-state index contributed by atoms with van der Waals surface area (Å²) in [5.74, 6) is 1.62. The molecular weight excluding hydrogens is 530 g/mol. The molecule has 2 amide bonds. The molecule has 0 aliphatic carbocycles. The molecule has 0 saturated carbocycles. The number of likely N-dealkylation sites (N-methyl/N-ethyl adjacent to an activating group) is 1. The maximum Gasteiger partial charge on any atom is 0.413 e. The molecule has 39 heavy (non-hydrogen) atoms. The zero-order valence-electron chi connectivity index (χ0n) is 21.0. The van der Waals surface area contributed by atoms with Gasteiger partial charge >= 0.3 is 6.09 Å². The summed E-state index contributed by atoms with van der Waals surface area (Å²) in [6.45, 7) is 1.98. The highest BCUT2D eigenvalue weighted by Crippen LogP contribution is 2.36. The number of fused-ring (bicyclic) bond motifs is 2. The number of imidazole rings is 1. The molecule has 6 heterocycles. The van der Waals surface area contributed by atoms with Crippen molar-refractivity contribution in [2.24, 2.45) is 7.05 Å². The molecule has 2 N–H and O–H groups in total. The molecular formula is C24H24ClN9O5. The van der Waals surface area contributed by atoms with E-state index in [0.29, 0.717) is 67.1 Å². The van der Waals surface area contributed by atoms with E-state index in [2.05, 4.69) is 25.4 Å². The standard InChI is InChI=1S/C24H24ClN9O5/c1-31-6-7-33-15(22(31)35)10-17(30-33)28-23-29-21-20(32(23)2)19(25)16(11-27-21)39-14-3-5-26-18(9-14)34(24(36)37)13-4-8-38-12-13/h3,5,9-11,13H,4,6-8,12H2,1-2H3,(H,36,37)(H,27,28,29,30)/t13-/m0/s1. The van der Waals surface area contributed by atoms with Crippen molar-refractivity contribution in [1.82, 2.24) is 34.2 Å². The fraction of sp³-hybridized carbons (Fsp3) is 0.333. The van der Waals surface area contributed by atoms with Gasteiger partial charge in [0.1, 0.15) is 27.8 Å². The molecule has 4 aromatic rings. The molecule has 0 radical (unpaired) electrons. The van der Waals surface area contributed by atoms with E-state index in [4.69, 9.17) is 21.1 Å². The number of carbonyl (C=O) groups is 2. The smallest absolute Gasteiger partial charge is 0.413 e. The molecule has 0 aromatic carbocycles. The van der Waals surface area contributed by atoms with Crippen molar-refractivity contribution < 1.29 is 24.2 Å². The summed E-state index contributed by atoms with van der Waals surface area (Å²) in [6, 6.07) is 4.49. The van der Waals surface area contributed by atoms with Crippen molar-refractivity contribution in [2.75, 3.05) is 37.0 Å². The first-order valence-electron chi connectivity index (χ1n) is 12.1. The van der Waals surface area contributed by atoms with Crippen molar-refractivity contribution in [3.8, 4) is 11.5 Å². The summed E-state index contributed by atoms with van der Waals surface area (Å²) in [7, 11) is 3.52. The zero-order chi connectivity index (χ0) is 27.3. The zero-order valence-corrected chi connectivity index (χ0v) is 21.8. The van der Waals surface area contributed by atoms with E-state index in [1.54, 1.807) is 40.4 Å². The van der Waals surface area contributed by atoms with Gasteiger partial charge in [-0.15, -0.1) is 0 Å². The van der Waals surface area contributed by atoms with Crippen LogP contribution in [-0.2, 0) is 18.3 Å². The molecule has 6 rings (SSSR count). The number of hydrogen-bond acceptors (Lipinski definition) is 9. The summed E-state index contributed by atoms with van der Waals surface area (Å²) in [5.41, 5.74) is 1.39. The summed E-state index contributed by atoms with van der Waals surface area (Å²) in [4.78, 5) is 40.3. The number of aromatic nitrogens is 6. The molecule has 1 fully saturated rings. The van der Waals surface area contributed by atoms with E-state index in [-0.39, 0.29) is 28.5 Å². The molecule has 1 atom stereocenters. The number of nitrogens with zero attached hydrogens (tertiary/aromatic N) is 8.